The number of ether oxygens (including phenoxy) is 4. The van der Waals surface area contributed by atoms with Gasteiger partial charge in [0.15, 0.2) is 0 Å². The van der Waals surface area contributed by atoms with Crippen molar-refractivity contribution < 1.29 is 18.9 Å². The fourth-order valence-corrected chi connectivity index (χ4v) is 9.56. The molecule has 0 saturated heterocycles. The Balaban J connectivity index is 0. The molecule has 12 heteroatoms. The normalized spacial score (nSPS) is 10.5. The predicted molar refractivity (Wildman–Crippen MR) is 394 cm³/mol. The fourth-order valence-electron chi connectivity index (χ4n) is 9.56. The van der Waals surface area contributed by atoms with Crippen molar-refractivity contribution in [3.63, 3.8) is 0 Å². The second kappa shape index (κ2) is 49.7. The summed E-state index contributed by atoms with van der Waals surface area (Å²) in [6.07, 6.45) is 0. The standard InChI is InChI=1S/2C30H39BN2.4C4H10O.2Mg/c2*1-20(2)25-16-12-17-26(21(3)4)29(25)32-31(24-14-10-9-11-15-24)33-30-27(22(5)6)18-13-19-28(30)23(7)8;4*1-3-5-4-2;;/h2*9-23H,1-8H3;4*3-4H2,1-2H3;;/q2*-2;;;;;2*+2. The Morgan fingerprint density at radius 2 is 0.386 bits per heavy atom. The molecule has 0 aliphatic rings. The minimum absolute atomic E-state index is 0. The van der Waals surface area contributed by atoms with E-state index in [0.29, 0.717) is 47.3 Å². The average molecular weight is 1220 g/mol. The topological polar surface area (TPSA) is 93.3 Å². The molecule has 0 spiro atoms. The molecule has 0 fully saturated rings. The number of hydrogen-bond acceptors (Lipinski definition) is 4. The van der Waals surface area contributed by atoms with E-state index < -0.39 is 0 Å². The van der Waals surface area contributed by atoms with Crippen LogP contribution in [0.25, 0.3) is 20.9 Å². The van der Waals surface area contributed by atoms with E-state index in [4.69, 9.17) is 39.9 Å². The summed E-state index contributed by atoms with van der Waals surface area (Å²) in [4.78, 5) is 0. The van der Waals surface area contributed by atoms with Gasteiger partial charge in [0.2, 0.25) is 0 Å². The quantitative estimate of drug-likeness (QED) is 0.0506. The first kappa shape index (κ1) is 86.1. The molecule has 0 radical (unpaired) electrons. The number of hydrogen-bond donors (Lipinski definition) is 0. The van der Waals surface area contributed by atoms with Crippen LogP contribution in [0.5, 0.6) is 0 Å². The molecule has 0 unspecified atom stereocenters. The van der Waals surface area contributed by atoms with E-state index in [2.05, 4.69) is 244 Å². The Labute approximate surface area is 573 Å². The molecule has 0 aromatic heterocycles. The van der Waals surface area contributed by atoms with Gasteiger partial charge >= 0.3 is 46.1 Å². The third-order valence-corrected chi connectivity index (χ3v) is 14.2. The van der Waals surface area contributed by atoms with Crippen LogP contribution in [-0.2, 0) is 18.9 Å². The van der Waals surface area contributed by atoms with Crippen LogP contribution in [0.1, 0.15) is 258 Å². The van der Waals surface area contributed by atoms with E-state index in [-0.39, 0.29) is 60.1 Å². The van der Waals surface area contributed by atoms with E-state index in [1.54, 1.807) is 0 Å². The molecule has 0 atom stereocenters. The Kier molecular flexibility index (Phi) is 48.6. The van der Waals surface area contributed by atoms with Gasteiger partial charge in [-0.15, -0.1) is 33.7 Å². The maximum absolute atomic E-state index is 5.40. The Morgan fingerprint density at radius 1 is 0.239 bits per heavy atom. The van der Waals surface area contributed by atoms with Crippen LogP contribution in [0.2, 0.25) is 0 Å². The van der Waals surface area contributed by atoms with Crippen LogP contribution in [-0.4, -0.2) is 113 Å². The molecule has 6 aromatic carbocycles. The fraction of sp³-hybridized carbons (Fsp3) is 0.526. The minimum atomic E-state index is -0.291. The van der Waals surface area contributed by atoms with Gasteiger partial charge in [-0.25, -0.2) is 0 Å². The van der Waals surface area contributed by atoms with Crippen molar-refractivity contribution in [3.05, 3.63) is 199 Å². The summed E-state index contributed by atoms with van der Waals surface area (Å²) in [5.41, 5.74) is 17.0. The molecule has 476 valence electrons. The van der Waals surface area contributed by atoms with E-state index in [1.165, 1.54) is 44.5 Å². The van der Waals surface area contributed by atoms with Gasteiger partial charge in [-0.1, -0.05) is 303 Å². The van der Waals surface area contributed by atoms with Gasteiger partial charge in [-0.05, 0) is 103 Å². The summed E-state index contributed by atoms with van der Waals surface area (Å²) < 4.78 is 19.3. The zero-order valence-corrected chi connectivity index (χ0v) is 62.8. The monoisotopic (exact) mass is 1220 g/mol. The van der Waals surface area contributed by atoms with Gasteiger partial charge in [0.1, 0.15) is 0 Å². The molecule has 0 aliphatic heterocycles. The van der Waals surface area contributed by atoms with Gasteiger partial charge in [0, 0.05) is 52.9 Å². The smallest absolute Gasteiger partial charge is 0.718 e. The summed E-state index contributed by atoms with van der Waals surface area (Å²) in [5.74, 6) is 3.17. The second-order valence-electron chi connectivity index (χ2n) is 23.6. The summed E-state index contributed by atoms with van der Waals surface area (Å²) in [7, 11) is 0. The van der Waals surface area contributed by atoms with Gasteiger partial charge in [-0.3, -0.25) is 0 Å². The maximum Gasteiger partial charge on any atom is 2.00 e. The summed E-state index contributed by atoms with van der Waals surface area (Å²) in [6.45, 7) is 58.1. The molecule has 0 N–H and O–H groups in total. The van der Waals surface area contributed by atoms with Crippen molar-refractivity contribution >= 4 is 93.7 Å². The van der Waals surface area contributed by atoms with Crippen molar-refractivity contribution in [2.75, 3.05) is 52.9 Å². The number of nitrogens with zero attached hydrogens (tertiary/aromatic N) is 4. The molecular formula is C76H118B2Mg2N4O4. The minimum Gasteiger partial charge on any atom is -0.718 e. The number of benzene rings is 6. The molecule has 88 heavy (non-hydrogen) atoms. The third kappa shape index (κ3) is 30.9. The molecule has 6 aromatic rings. The van der Waals surface area contributed by atoms with Gasteiger partial charge in [0.25, 0.3) is 0 Å². The van der Waals surface area contributed by atoms with Crippen molar-refractivity contribution in [2.45, 2.75) is 214 Å². The van der Waals surface area contributed by atoms with Gasteiger partial charge < -0.3 is 39.9 Å². The zero-order chi connectivity index (χ0) is 64.7. The Hall–Kier alpha value is -3.98. The van der Waals surface area contributed by atoms with Crippen molar-refractivity contribution in [1.29, 1.82) is 0 Å². The molecule has 0 aliphatic carbocycles. The average Bonchev–Trinajstić information content (AvgIpc) is 3.65. The van der Waals surface area contributed by atoms with E-state index in [9.17, 15) is 0 Å². The van der Waals surface area contributed by atoms with E-state index in [1.807, 2.05) is 55.4 Å². The molecular weight excluding hydrogens is 1100 g/mol. The predicted octanol–water partition coefficient (Wildman–Crippen LogP) is 22.0. The largest absolute Gasteiger partial charge is 2.00 e. The van der Waals surface area contributed by atoms with E-state index >= 15 is 0 Å². The number of rotatable bonds is 26. The first-order valence-electron chi connectivity index (χ1n) is 32.8. The Bertz CT molecular complexity index is 2230. The second-order valence-corrected chi connectivity index (χ2v) is 23.6. The molecule has 0 saturated carbocycles. The maximum atomic E-state index is 5.40. The summed E-state index contributed by atoms with van der Waals surface area (Å²) >= 11 is 0. The van der Waals surface area contributed by atoms with Crippen molar-refractivity contribution in [3.8, 4) is 0 Å². The van der Waals surface area contributed by atoms with Crippen molar-refractivity contribution in [2.24, 2.45) is 0 Å². The van der Waals surface area contributed by atoms with E-state index in [0.717, 1.165) is 86.5 Å². The van der Waals surface area contributed by atoms with Crippen LogP contribution in [0.4, 0.5) is 22.7 Å². The van der Waals surface area contributed by atoms with Crippen LogP contribution in [0.15, 0.2) is 133 Å². The first-order valence-corrected chi connectivity index (χ1v) is 32.8. The zero-order valence-electron chi connectivity index (χ0n) is 60.0. The SMILES string of the molecule is CC(C)c1cccc(C(C)C)c1[N-]B([N-]c1c(C(C)C)cccc1C(C)C)c1ccccc1.CC(C)c1cccc(C(C)C)c1[N-]B([N-]c1c(C(C)C)cccc1C(C)C)c1ccccc1.CCOCC.CCOCC.CCOCC.CCOCC.[Mg+2].[Mg+2]. The van der Waals surface area contributed by atoms with Crippen LogP contribution >= 0.6 is 0 Å². The summed E-state index contributed by atoms with van der Waals surface area (Å²) in [6, 6.07) is 47.5. The van der Waals surface area contributed by atoms with Crippen LogP contribution in [0.3, 0.4) is 0 Å². The molecule has 6 rings (SSSR count). The molecule has 8 nitrogen and oxygen atoms in total. The van der Waals surface area contributed by atoms with Crippen LogP contribution in [0, 0.1) is 0 Å². The van der Waals surface area contributed by atoms with Crippen LogP contribution < -0.4 is 10.9 Å². The van der Waals surface area contributed by atoms with Gasteiger partial charge in [0.05, 0.1) is 0 Å². The first-order chi connectivity index (χ1) is 41.1. The molecule has 0 heterocycles. The summed E-state index contributed by atoms with van der Waals surface area (Å²) in [5, 5.41) is 21.6. The van der Waals surface area contributed by atoms with Crippen molar-refractivity contribution in [1.82, 2.24) is 0 Å². The molecule has 0 bridgehead atoms. The third-order valence-electron chi connectivity index (χ3n) is 14.2. The van der Waals surface area contributed by atoms with Gasteiger partial charge in [-0.2, -0.15) is 0 Å². The molecule has 0 amide bonds. The Morgan fingerprint density at radius 3 is 0.500 bits per heavy atom.